The molecule has 0 bridgehead atoms. The van der Waals surface area contributed by atoms with Crippen LogP contribution in [0.15, 0.2) is 0 Å². The van der Waals surface area contributed by atoms with Crippen molar-refractivity contribution in [3.8, 4) is 0 Å². The van der Waals surface area contributed by atoms with Gasteiger partial charge in [-0.15, -0.1) is 10.2 Å². The number of carbonyl (C=O) groups is 1. The van der Waals surface area contributed by atoms with Gasteiger partial charge in [-0.2, -0.15) is 0 Å². The molecule has 0 aromatic carbocycles. The van der Waals surface area contributed by atoms with Gasteiger partial charge in [0.25, 0.3) is 0 Å². The molecule has 6 nitrogen and oxygen atoms in total. The van der Waals surface area contributed by atoms with Crippen LogP contribution < -0.4 is 5.32 Å². The third-order valence-corrected chi connectivity index (χ3v) is 3.87. The minimum atomic E-state index is -0.360. The lowest BCUT2D eigenvalue weighted by atomic mass is 10.2. The second-order valence-corrected chi connectivity index (χ2v) is 5.25. The maximum Gasteiger partial charge on any atom is 0.244 e. The molecule has 110 valence electrons. The lowest BCUT2D eigenvalue weighted by Gasteiger charge is -2.29. The molecule has 0 radical (unpaired) electrons. The lowest BCUT2D eigenvalue weighted by molar-refractivity contribution is -0.135. The zero-order chi connectivity index (χ0) is 14.7. The van der Waals surface area contributed by atoms with Crippen molar-refractivity contribution in [2.24, 2.45) is 0 Å². The molecule has 0 spiro atoms. The van der Waals surface area contributed by atoms with E-state index in [0.29, 0.717) is 37.3 Å². The molecule has 1 atom stereocenters. The molecule has 1 N–H and O–H groups in total. The number of halogens is 1. The van der Waals surface area contributed by atoms with Crippen LogP contribution in [-0.2, 0) is 9.53 Å². The summed E-state index contributed by atoms with van der Waals surface area (Å²) in [5.74, 6) is 0.642. The predicted molar refractivity (Wildman–Crippen MR) is 77.0 cm³/mol. The number of anilines is 1. The lowest BCUT2D eigenvalue weighted by Crippen LogP contribution is -2.47. The number of nitrogens with one attached hydrogen (secondary N) is 1. The van der Waals surface area contributed by atoms with E-state index in [1.54, 1.807) is 4.90 Å². The van der Waals surface area contributed by atoms with Crippen molar-refractivity contribution in [2.75, 3.05) is 31.6 Å². The molecule has 0 saturated carbocycles. The van der Waals surface area contributed by atoms with Crippen molar-refractivity contribution < 1.29 is 9.53 Å². The minimum absolute atomic E-state index is 0.0436. The number of nitrogens with zero attached hydrogens (tertiary/aromatic N) is 3. The van der Waals surface area contributed by atoms with Gasteiger partial charge >= 0.3 is 0 Å². The van der Waals surface area contributed by atoms with Gasteiger partial charge in [-0.25, -0.2) is 0 Å². The Labute approximate surface area is 123 Å². The van der Waals surface area contributed by atoms with E-state index in [4.69, 9.17) is 16.3 Å². The maximum absolute atomic E-state index is 12.3. The summed E-state index contributed by atoms with van der Waals surface area (Å²) in [5, 5.41) is 11.4. The summed E-state index contributed by atoms with van der Waals surface area (Å²) >= 11 is 5.92. The molecule has 1 saturated heterocycles. The normalized spacial score (nSPS) is 16.9. The average molecular weight is 299 g/mol. The van der Waals surface area contributed by atoms with Crippen molar-refractivity contribution >= 4 is 23.3 Å². The van der Waals surface area contributed by atoms with Gasteiger partial charge in [0.1, 0.15) is 6.04 Å². The topological polar surface area (TPSA) is 67.4 Å². The van der Waals surface area contributed by atoms with E-state index >= 15 is 0 Å². The first-order valence-electron chi connectivity index (χ1n) is 6.63. The fraction of sp³-hybridized carbons (Fsp3) is 0.615. The van der Waals surface area contributed by atoms with Crippen molar-refractivity contribution in [2.45, 2.75) is 26.8 Å². The smallest absolute Gasteiger partial charge is 0.244 e. The Balaban J connectivity index is 2.05. The number of carbonyl (C=O) groups excluding carboxylic acids is 1. The van der Waals surface area contributed by atoms with Crippen molar-refractivity contribution in [3.63, 3.8) is 0 Å². The molecular formula is C13H19ClN4O2. The Morgan fingerprint density at radius 2 is 1.95 bits per heavy atom. The van der Waals surface area contributed by atoms with Gasteiger partial charge in [0, 0.05) is 13.1 Å². The molecule has 1 aromatic heterocycles. The zero-order valence-corrected chi connectivity index (χ0v) is 12.7. The first-order chi connectivity index (χ1) is 9.50. The van der Waals surface area contributed by atoms with Gasteiger partial charge in [0.2, 0.25) is 5.91 Å². The molecule has 20 heavy (non-hydrogen) atoms. The molecule has 2 heterocycles. The Morgan fingerprint density at radius 1 is 1.30 bits per heavy atom. The van der Waals surface area contributed by atoms with E-state index in [-0.39, 0.29) is 11.9 Å². The van der Waals surface area contributed by atoms with Gasteiger partial charge in [-0.05, 0) is 31.9 Å². The number of ether oxygens (including phenoxy) is 1. The monoisotopic (exact) mass is 298 g/mol. The van der Waals surface area contributed by atoms with Crippen LogP contribution in [0, 0.1) is 13.8 Å². The molecule has 0 aliphatic carbocycles. The van der Waals surface area contributed by atoms with E-state index < -0.39 is 0 Å². The fourth-order valence-corrected chi connectivity index (χ4v) is 2.22. The van der Waals surface area contributed by atoms with Crippen LogP contribution in [0.3, 0.4) is 0 Å². The quantitative estimate of drug-likeness (QED) is 0.914. The third kappa shape index (κ3) is 3.19. The predicted octanol–water partition coefficient (Wildman–Crippen LogP) is 1.41. The average Bonchev–Trinajstić information content (AvgIpc) is 2.48. The molecule has 1 aromatic rings. The second-order valence-electron chi connectivity index (χ2n) is 4.89. The number of aromatic nitrogens is 2. The number of hydrogen-bond acceptors (Lipinski definition) is 5. The van der Waals surface area contributed by atoms with Crippen LogP contribution >= 0.6 is 11.6 Å². The summed E-state index contributed by atoms with van der Waals surface area (Å²) in [6.45, 7) is 8.07. The molecule has 1 aliphatic heterocycles. The SMILES string of the molecule is Cc1c(Cl)nnc(NC(C)C(=O)N2CCOCC2)c1C. The van der Waals surface area contributed by atoms with Crippen LogP contribution in [0.5, 0.6) is 0 Å². The van der Waals surface area contributed by atoms with Crippen molar-refractivity contribution in [1.29, 1.82) is 0 Å². The summed E-state index contributed by atoms with van der Waals surface area (Å²) in [6.07, 6.45) is 0. The molecular weight excluding hydrogens is 280 g/mol. The van der Waals surface area contributed by atoms with Crippen LogP contribution in [0.1, 0.15) is 18.1 Å². The van der Waals surface area contributed by atoms with Gasteiger partial charge in [0.05, 0.1) is 13.2 Å². The number of hydrogen-bond donors (Lipinski definition) is 1. The van der Waals surface area contributed by atoms with E-state index in [1.165, 1.54) is 0 Å². The molecule has 1 amide bonds. The molecule has 1 aliphatic rings. The minimum Gasteiger partial charge on any atom is -0.378 e. The Morgan fingerprint density at radius 3 is 2.60 bits per heavy atom. The molecule has 1 unspecified atom stereocenters. The summed E-state index contributed by atoms with van der Waals surface area (Å²) in [6, 6.07) is -0.360. The number of amides is 1. The van der Waals surface area contributed by atoms with E-state index in [9.17, 15) is 4.79 Å². The summed E-state index contributed by atoms with van der Waals surface area (Å²) < 4.78 is 5.24. The maximum atomic E-state index is 12.3. The van der Waals surface area contributed by atoms with Crippen molar-refractivity contribution in [1.82, 2.24) is 15.1 Å². The van der Waals surface area contributed by atoms with Crippen LogP contribution in [0.4, 0.5) is 5.82 Å². The number of morpholine rings is 1. The molecule has 7 heteroatoms. The highest BCUT2D eigenvalue weighted by Gasteiger charge is 2.23. The first-order valence-corrected chi connectivity index (χ1v) is 7.01. The zero-order valence-electron chi connectivity index (χ0n) is 11.9. The Kier molecular flexibility index (Phi) is 4.77. The highest BCUT2D eigenvalue weighted by atomic mass is 35.5. The molecule has 2 rings (SSSR count). The highest BCUT2D eigenvalue weighted by Crippen LogP contribution is 2.21. The fourth-order valence-electron chi connectivity index (χ4n) is 2.04. The standard InChI is InChI=1S/C13H19ClN4O2/c1-8-9(2)12(17-16-11(8)14)15-10(3)13(19)18-4-6-20-7-5-18/h10H,4-7H2,1-3H3,(H,15,17). The van der Waals surface area contributed by atoms with E-state index in [0.717, 1.165) is 11.1 Å². The van der Waals surface area contributed by atoms with Crippen molar-refractivity contribution in [3.05, 3.63) is 16.3 Å². The third-order valence-electron chi connectivity index (χ3n) is 3.51. The highest BCUT2D eigenvalue weighted by molar-refractivity contribution is 6.30. The van der Waals surface area contributed by atoms with Gasteiger partial charge in [0.15, 0.2) is 11.0 Å². The summed E-state index contributed by atoms with van der Waals surface area (Å²) in [4.78, 5) is 14.1. The number of rotatable bonds is 3. The largest absolute Gasteiger partial charge is 0.378 e. The van der Waals surface area contributed by atoms with E-state index in [1.807, 2.05) is 20.8 Å². The first kappa shape index (κ1) is 15.0. The van der Waals surface area contributed by atoms with Crippen LogP contribution in [-0.4, -0.2) is 53.3 Å². The van der Waals surface area contributed by atoms with Crippen LogP contribution in [0.2, 0.25) is 5.15 Å². The van der Waals surface area contributed by atoms with Gasteiger partial charge < -0.3 is 15.0 Å². The summed E-state index contributed by atoms with van der Waals surface area (Å²) in [7, 11) is 0. The summed E-state index contributed by atoms with van der Waals surface area (Å²) in [5.41, 5.74) is 1.78. The second kappa shape index (κ2) is 6.37. The Bertz CT molecular complexity index is 503. The Hall–Kier alpha value is -1.40. The van der Waals surface area contributed by atoms with Gasteiger partial charge in [-0.3, -0.25) is 4.79 Å². The van der Waals surface area contributed by atoms with Crippen LogP contribution in [0.25, 0.3) is 0 Å². The molecule has 1 fully saturated rings. The van der Waals surface area contributed by atoms with Gasteiger partial charge in [-0.1, -0.05) is 11.6 Å². The van der Waals surface area contributed by atoms with E-state index in [2.05, 4.69) is 15.5 Å².